The molecule has 4 atom stereocenters. The number of nitrogens with zero attached hydrogens (tertiary/aromatic N) is 1. The minimum absolute atomic E-state index is 0.000516. The minimum Gasteiger partial charge on any atom is -0.481 e. The molecule has 1 heterocycles. The summed E-state index contributed by atoms with van der Waals surface area (Å²) in [6, 6.07) is 3.56. The van der Waals surface area contributed by atoms with Gasteiger partial charge in [-0.3, -0.25) is 33.8 Å². The van der Waals surface area contributed by atoms with Gasteiger partial charge < -0.3 is 43.2 Å². The van der Waals surface area contributed by atoms with Crippen molar-refractivity contribution in [1.82, 2.24) is 26.6 Å². The van der Waals surface area contributed by atoms with Crippen molar-refractivity contribution in [3.63, 3.8) is 0 Å². The molecule has 0 bridgehead atoms. The lowest BCUT2D eigenvalue weighted by Crippen LogP contribution is -2.58. The van der Waals surface area contributed by atoms with Crippen LogP contribution in [-0.4, -0.2) is 89.6 Å². The Bertz CT molecular complexity index is 1110. The number of aliphatic carboxylic acids is 1. The molecule has 1 fully saturated rings. The Labute approximate surface area is 235 Å². The predicted octanol–water partition coefficient (Wildman–Crippen LogP) is -3.24. The number of carbonyl (C=O) groups excluding carboxylic acids is 5. The number of carbonyl (C=O) groups is 6. The fourth-order valence-corrected chi connectivity index (χ4v) is 4.02. The summed E-state index contributed by atoms with van der Waals surface area (Å²) in [4.78, 5) is 79.9. The van der Waals surface area contributed by atoms with Gasteiger partial charge in [-0.05, 0) is 18.4 Å². The largest absolute Gasteiger partial charge is 0.481 e. The Morgan fingerprint density at radius 2 is 1.48 bits per heavy atom. The van der Waals surface area contributed by atoms with Crippen LogP contribution in [0, 0.1) is 0 Å². The standard InChI is InChI=1S/C24H34N8O7S/c25-24(26)27-8-4-7-14-21(37)32-17(12-40)23(39)30-15(9-13-5-2-1-3-6-13)22(38)31-16(10-19(34)35)20(36)28-11-18(33)29-14/h1-3,5-6,14-17,40H,4,7-12H2,(H,28,36)(H,29,33)(H,30,39)(H,31,38)(H,32,37)(H,34,35)(H4,25,26,27)/t14-,15+,16-,17-/m0/s1. The maximum absolute atomic E-state index is 13.2. The molecule has 40 heavy (non-hydrogen) atoms. The number of amides is 5. The number of carboxylic acid groups (broad SMARTS) is 1. The number of guanidine groups is 1. The van der Waals surface area contributed by atoms with E-state index >= 15 is 0 Å². The molecule has 2 rings (SSSR count). The van der Waals surface area contributed by atoms with E-state index in [1.54, 1.807) is 30.3 Å². The van der Waals surface area contributed by atoms with Crippen LogP contribution < -0.4 is 38.1 Å². The highest BCUT2D eigenvalue weighted by Gasteiger charge is 2.32. The first-order chi connectivity index (χ1) is 19.0. The molecule has 16 heteroatoms. The fourth-order valence-electron chi connectivity index (χ4n) is 3.76. The van der Waals surface area contributed by atoms with Gasteiger partial charge in [0.05, 0.1) is 13.0 Å². The highest BCUT2D eigenvalue weighted by atomic mass is 32.1. The molecule has 0 radical (unpaired) electrons. The van der Waals surface area contributed by atoms with Crippen molar-refractivity contribution in [3.05, 3.63) is 35.9 Å². The summed E-state index contributed by atoms with van der Waals surface area (Å²) in [7, 11) is 0. The molecule has 1 aromatic rings. The lowest BCUT2D eigenvalue weighted by atomic mass is 10.0. The topological polar surface area (TPSA) is 247 Å². The number of hydrogen-bond donors (Lipinski definition) is 9. The minimum atomic E-state index is -1.55. The molecule has 10 N–H and O–H groups in total. The van der Waals surface area contributed by atoms with E-state index in [1.807, 2.05) is 0 Å². The summed E-state index contributed by atoms with van der Waals surface area (Å²) >= 11 is 4.15. The van der Waals surface area contributed by atoms with Gasteiger partial charge in [-0.2, -0.15) is 12.6 Å². The van der Waals surface area contributed by atoms with Crippen molar-refractivity contribution in [2.45, 2.75) is 49.9 Å². The first-order valence-electron chi connectivity index (χ1n) is 12.4. The first-order valence-corrected chi connectivity index (χ1v) is 13.0. The van der Waals surface area contributed by atoms with Crippen LogP contribution >= 0.6 is 12.6 Å². The average Bonchev–Trinajstić information content (AvgIpc) is 2.90. The van der Waals surface area contributed by atoms with E-state index < -0.39 is 72.6 Å². The molecule has 0 aromatic heterocycles. The number of benzene rings is 1. The van der Waals surface area contributed by atoms with E-state index in [2.05, 4.69) is 44.2 Å². The van der Waals surface area contributed by atoms with E-state index in [9.17, 15) is 33.9 Å². The third-order valence-corrected chi connectivity index (χ3v) is 6.13. The summed E-state index contributed by atoms with van der Waals surface area (Å²) in [6.07, 6.45) is -0.404. The predicted molar refractivity (Wildman–Crippen MR) is 147 cm³/mol. The van der Waals surface area contributed by atoms with Crippen molar-refractivity contribution < 1.29 is 33.9 Å². The van der Waals surface area contributed by atoms with Crippen LogP contribution in [0.2, 0.25) is 0 Å². The monoisotopic (exact) mass is 578 g/mol. The Balaban J connectivity index is 2.38. The second kappa shape index (κ2) is 15.9. The zero-order valence-electron chi connectivity index (χ0n) is 21.6. The van der Waals surface area contributed by atoms with Crippen molar-refractivity contribution >= 4 is 54.1 Å². The van der Waals surface area contributed by atoms with Gasteiger partial charge in [-0.1, -0.05) is 30.3 Å². The number of nitrogens with two attached hydrogens (primary N) is 2. The molecule has 1 saturated heterocycles. The summed E-state index contributed by atoms with van der Waals surface area (Å²) in [5, 5.41) is 21.5. The van der Waals surface area contributed by atoms with Gasteiger partial charge in [-0.15, -0.1) is 0 Å². The number of hydrogen-bond acceptors (Lipinski definition) is 8. The van der Waals surface area contributed by atoms with E-state index in [4.69, 9.17) is 11.5 Å². The summed E-state index contributed by atoms with van der Waals surface area (Å²) in [6.45, 7) is -0.440. The van der Waals surface area contributed by atoms with Crippen LogP contribution in [0.15, 0.2) is 35.3 Å². The maximum Gasteiger partial charge on any atom is 0.305 e. The van der Waals surface area contributed by atoms with Gasteiger partial charge in [0.15, 0.2) is 5.96 Å². The smallest absolute Gasteiger partial charge is 0.305 e. The molecule has 218 valence electrons. The van der Waals surface area contributed by atoms with Crippen LogP contribution in [0.4, 0.5) is 0 Å². The Hall–Kier alpha value is -4.34. The number of carboxylic acids is 1. The third kappa shape index (κ3) is 10.8. The molecule has 1 aliphatic rings. The summed E-state index contributed by atoms with van der Waals surface area (Å²) in [5.41, 5.74) is 11.3. The highest BCUT2D eigenvalue weighted by Crippen LogP contribution is 2.07. The Morgan fingerprint density at radius 3 is 2.10 bits per heavy atom. The molecule has 1 aliphatic heterocycles. The molecule has 0 unspecified atom stereocenters. The van der Waals surface area contributed by atoms with Gasteiger partial charge in [0.2, 0.25) is 29.5 Å². The lowest BCUT2D eigenvalue weighted by molar-refractivity contribution is -0.141. The third-order valence-electron chi connectivity index (χ3n) is 5.76. The number of rotatable bonds is 9. The average molecular weight is 579 g/mol. The number of nitrogens with one attached hydrogen (secondary N) is 5. The lowest BCUT2D eigenvalue weighted by Gasteiger charge is -2.25. The summed E-state index contributed by atoms with van der Waals surface area (Å²) in [5.74, 6) is -5.66. The van der Waals surface area contributed by atoms with Crippen LogP contribution in [-0.2, 0) is 35.2 Å². The van der Waals surface area contributed by atoms with E-state index in [0.717, 1.165) is 0 Å². The van der Waals surface area contributed by atoms with Gasteiger partial charge in [-0.25, -0.2) is 0 Å². The number of thiol groups is 1. The molecular weight excluding hydrogens is 544 g/mol. The van der Waals surface area contributed by atoms with Crippen LogP contribution in [0.5, 0.6) is 0 Å². The molecule has 0 aliphatic carbocycles. The van der Waals surface area contributed by atoms with Crippen molar-refractivity contribution in [1.29, 1.82) is 0 Å². The quantitative estimate of drug-likeness (QED) is 0.0617. The zero-order chi connectivity index (χ0) is 29.7. The van der Waals surface area contributed by atoms with Crippen molar-refractivity contribution in [3.8, 4) is 0 Å². The van der Waals surface area contributed by atoms with Gasteiger partial charge in [0.1, 0.15) is 24.2 Å². The second-order valence-corrected chi connectivity index (χ2v) is 9.31. The zero-order valence-corrected chi connectivity index (χ0v) is 22.5. The summed E-state index contributed by atoms with van der Waals surface area (Å²) < 4.78 is 0. The molecule has 15 nitrogen and oxygen atoms in total. The molecule has 0 spiro atoms. The van der Waals surface area contributed by atoms with E-state index in [-0.39, 0.29) is 31.1 Å². The van der Waals surface area contributed by atoms with Crippen molar-refractivity contribution in [2.75, 3.05) is 18.8 Å². The normalized spacial score (nSPS) is 22.8. The molecule has 1 aromatic carbocycles. The number of aliphatic imine (C=N–C) groups is 1. The first kappa shape index (κ1) is 31.9. The fraction of sp³-hybridized carbons (Fsp3) is 0.458. The van der Waals surface area contributed by atoms with Crippen LogP contribution in [0.3, 0.4) is 0 Å². The van der Waals surface area contributed by atoms with Crippen LogP contribution in [0.25, 0.3) is 0 Å². The van der Waals surface area contributed by atoms with Crippen molar-refractivity contribution in [2.24, 2.45) is 16.5 Å². The Morgan fingerprint density at radius 1 is 0.875 bits per heavy atom. The molecule has 0 saturated carbocycles. The van der Waals surface area contributed by atoms with Gasteiger partial charge in [0, 0.05) is 18.7 Å². The van der Waals surface area contributed by atoms with Crippen LogP contribution in [0.1, 0.15) is 24.8 Å². The van der Waals surface area contributed by atoms with Gasteiger partial charge >= 0.3 is 5.97 Å². The van der Waals surface area contributed by atoms with Gasteiger partial charge in [0.25, 0.3) is 0 Å². The van der Waals surface area contributed by atoms with E-state index in [0.29, 0.717) is 12.0 Å². The molecular formula is C24H34N8O7S. The van der Waals surface area contributed by atoms with E-state index in [1.165, 1.54) is 0 Å². The highest BCUT2D eigenvalue weighted by molar-refractivity contribution is 7.80. The SMILES string of the molecule is NC(N)=NCCC[C@@H]1NC(=O)CNC(=O)[C@H](CC(=O)O)NC(=O)[C@@H](Cc2ccccc2)NC(=O)[C@H](CS)NC1=O. The molecule has 5 amide bonds. The maximum atomic E-state index is 13.2. The Kier molecular flexibility index (Phi) is 12.7. The second-order valence-electron chi connectivity index (χ2n) is 8.94.